The van der Waals surface area contributed by atoms with Crippen molar-refractivity contribution in [2.45, 2.75) is 31.5 Å². The van der Waals surface area contributed by atoms with E-state index in [4.69, 9.17) is 4.74 Å². The van der Waals surface area contributed by atoms with E-state index in [1.807, 2.05) is 23.1 Å². The first kappa shape index (κ1) is 13.0. The maximum absolute atomic E-state index is 11.7. The number of carbonyl (C=O) groups is 1. The minimum absolute atomic E-state index is 0.377. The molecule has 1 aromatic rings. The molecule has 1 aliphatic heterocycles. The van der Waals surface area contributed by atoms with E-state index < -0.39 is 12.1 Å². The summed E-state index contributed by atoms with van der Waals surface area (Å²) >= 11 is 0. The van der Waals surface area contributed by atoms with Gasteiger partial charge in [0, 0.05) is 12.7 Å². The van der Waals surface area contributed by atoms with E-state index in [1.165, 1.54) is 7.11 Å². The molecule has 2 rings (SSSR count). The van der Waals surface area contributed by atoms with Gasteiger partial charge in [0.2, 0.25) is 0 Å². The Morgan fingerprint density at radius 2 is 2.44 bits per heavy atom. The smallest absolute Gasteiger partial charge is 0.325 e. The van der Waals surface area contributed by atoms with Crippen molar-refractivity contribution in [2.24, 2.45) is 0 Å². The maximum Gasteiger partial charge on any atom is 0.325 e. The Labute approximate surface area is 106 Å². The van der Waals surface area contributed by atoms with E-state index >= 15 is 0 Å². The molecule has 5 heteroatoms. The highest BCUT2D eigenvalue weighted by molar-refractivity contribution is 5.76. The summed E-state index contributed by atoms with van der Waals surface area (Å²) < 4.78 is 4.77. The number of nitrogens with zero attached hydrogens (tertiary/aromatic N) is 2. The second-order valence-electron chi connectivity index (χ2n) is 4.47. The molecule has 0 bridgehead atoms. The molecule has 2 heterocycles. The minimum atomic E-state index is -0.657. The van der Waals surface area contributed by atoms with Gasteiger partial charge in [0.1, 0.15) is 6.04 Å². The lowest BCUT2D eigenvalue weighted by Crippen LogP contribution is -2.52. The van der Waals surface area contributed by atoms with Gasteiger partial charge in [-0.25, -0.2) is 0 Å². The molecule has 1 fully saturated rings. The first-order chi connectivity index (χ1) is 8.72. The fraction of sp³-hybridized carbons (Fsp3) is 0.538. The summed E-state index contributed by atoms with van der Waals surface area (Å²) in [5, 5.41) is 9.96. The Balaban J connectivity index is 2.11. The quantitative estimate of drug-likeness (QED) is 0.795. The number of pyridine rings is 1. The van der Waals surface area contributed by atoms with E-state index in [1.54, 1.807) is 6.20 Å². The topological polar surface area (TPSA) is 62.7 Å². The van der Waals surface area contributed by atoms with Crippen LogP contribution in [0.15, 0.2) is 24.4 Å². The van der Waals surface area contributed by atoms with Crippen LogP contribution in [-0.2, 0) is 16.1 Å². The molecule has 0 aliphatic carbocycles. The number of hydrogen-bond acceptors (Lipinski definition) is 5. The van der Waals surface area contributed by atoms with Gasteiger partial charge >= 0.3 is 5.97 Å². The van der Waals surface area contributed by atoms with Crippen LogP contribution in [0.25, 0.3) is 0 Å². The number of aliphatic hydroxyl groups is 1. The van der Waals surface area contributed by atoms with Gasteiger partial charge in [-0.05, 0) is 31.5 Å². The van der Waals surface area contributed by atoms with Crippen molar-refractivity contribution in [3.8, 4) is 0 Å². The summed E-state index contributed by atoms with van der Waals surface area (Å²) in [7, 11) is 1.35. The summed E-state index contributed by atoms with van der Waals surface area (Å²) in [6, 6.07) is 5.10. The van der Waals surface area contributed by atoms with Crippen LogP contribution in [0.3, 0.4) is 0 Å². The largest absolute Gasteiger partial charge is 0.468 e. The molecule has 0 aromatic carbocycles. The first-order valence-electron chi connectivity index (χ1n) is 6.12. The molecule has 0 amide bonds. The van der Waals surface area contributed by atoms with Gasteiger partial charge in [-0.15, -0.1) is 0 Å². The van der Waals surface area contributed by atoms with Crippen LogP contribution in [-0.4, -0.2) is 46.8 Å². The molecule has 0 radical (unpaired) electrons. The summed E-state index contributed by atoms with van der Waals surface area (Å²) in [5.41, 5.74) is 0.889. The zero-order chi connectivity index (χ0) is 13.0. The van der Waals surface area contributed by atoms with Crippen molar-refractivity contribution in [1.82, 2.24) is 9.88 Å². The van der Waals surface area contributed by atoms with Crippen LogP contribution in [0.2, 0.25) is 0 Å². The molecule has 0 spiro atoms. The highest BCUT2D eigenvalue weighted by atomic mass is 16.5. The van der Waals surface area contributed by atoms with Crippen molar-refractivity contribution in [3.05, 3.63) is 30.1 Å². The molecule has 98 valence electrons. The molecule has 1 N–H and O–H groups in total. The van der Waals surface area contributed by atoms with Gasteiger partial charge in [0.25, 0.3) is 0 Å². The fourth-order valence-electron chi connectivity index (χ4n) is 2.35. The van der Waals surface area contributed by atoms with Crippen LogP contribution >= 0.6 is 0 Å². The fourth-order valence-corrected chi connectivity index (χ4v) is 2.35. The SMILES string of the molecule is COC(=O)[C@H]1[C@@H](O)CCCN1Cc1ccccn1. The Morgan fingerprint density at radius 3 is 3.11 bits per heavy atom. The van der Waals surface area contributed by atoms with Gasteiger partial charge in [-0.1, -0.05) is 6.07 Å². The van der Waals surface area contributed by atoms with Crippen LogP contribution in [0.4, 0.5) is 0 Å². The summed E-state index contributed by atoms with van der Waals surface area (Å²) in [6.07, 6.45) is 2.58. The average molecular weight is 250 g/mol. The normalized spacial score (nSPS) is 24.8. The molecule has 5 nitrogen and oxygen atoms in total. The van der Waals surface area contributed by atoms with Gasteiger partial charge in [0.15, 0.2) is 0 Å². The summed E-state index contributed by atoms with van der Waals surface area (Å²) in [5.74, 6) is -0.377. The van der Waals surface area contributed by atoms with Crippen molar-refractivity contribution >= 4 is 5.97 Å². The number of methoxy groups -OCH3 is 1. The zero-order valence-electron chi connectivity index (χ0n) is 10.5. The van der Waals surface area contributed by atoms with E-state index in [9.17, 15) is 9.90 Å². The van der Waals surface area contributed by atoms with Crippen molar-refractivity contribution in [1.29, 1.82) is 0 Å². The minimum Gasteiger partial charge on any atom is -0.468 e. The van der Waals surface area contributed by atoms with Crippen molar-refractivity contribution in [2.75, 3.05) is 13.7 Å². The van der Waals surface area contributed by atoms with Crippen LogP contribution in [0.1, 0.15) is 18.5 Å². The molecular weight excluding hydrogens is 232 g/mol. The van der Waals surface area contributed by atoms with Crippen LogP contribution < -0.4 is 0 Å². The zero-order valence-corrected chi connectivity index (χ0v) is 10.5. The molecule has 1 aromatic heterocycles. The third-order valence-electron chi connectivity index (χ3n) is 3.24. The number of aromatic nitrogens is 1. The second-order valence-corrected chi connectivity index (χ2v) is 4.47. The second kappa shape index (κ2) is 5.93. The molecule has 2 atom stereocenters. The number of esters is 1. The monoisotopic (exact) mass is 250 g/mol. The molecule has 1 saturated heterocycles. The molecule has 0 unspecified atom stereocenters. The van der Waals surface area contributed by atoms with Crippen LogP contribution in [0.5, 0.6) is 0 Å². The first-order valence-corrected chi connectivity index (χ1v) is 6.12. The maximum atomic E-state index is 11.7. The Hall–Kier alpha value is -1.46. The van der Waals surface area contributed by atoms with Crippen molar-refractivity contribution < 1.29 is 14.6 Å². The van der Waals surface area contributed by atoms with E-state index in [-0.39, 0.29) is 5.97 Å². The number of ether oxygens (including phenoxy) is 1. The Kier molecular flexibility index (Phi) is 4.28. The number of likely N-dealkylation sites (tertiary alicyclic amines) is 1. The summed E-state index contributed by atoms with van der Waals surface area (Å²) in [4.78, 5) is 17.9. The predicted octanol–water partition coefficient (Wildman–Crippen LogP) is 0.580. The lowest BCUT2D eigenvalue weighted by Gasteiger charge is -2.36. The lowest BCUT2D eigenvalue weighted by molar-refractivity contribution is -0.154. The van der Waals surface area contributed by atoms with Crippen molar-refractivity contribution in [3.63, 3.8) is 0 Å². The van der Waals surface area contributed by atoms with Crippen LogP contribution in [0, 0.1) is 0 Å². The molecular formula is C13H18N2O3. The number of carbonyl (C=O) groups excluding carboxylic acids is 1. The van der Waals surface area contributed by atoms with E-state index in [2.05, 4.69) is 4.98 Å². The number of aliphatic hydroxyl groups excluding tert-OH is 1. The van der Waals surface area contributed by atoms with Gasteiger partial charge in [0.05, 0.1) is 18.9 Å². The molecule has 0 saturated carbocycles. The van der Waals surface area contributed by atoms with Gasteiger partial charge in [-0.3, -0.25) is 14.7 Å². The lowest BCUT2D eigenvalue weighted by atomic mass is 9.98. The third-order valence-corrected chi connectivity index (χ3v) is 3.24. The molecule has 18 heavy (non-hydrogen) atoms. The third kappa shape index (κ3) is 2.86. The molecule has 1 aliphatic rings. The van der Waals surface area contributed by atoms with Gasteiger partial charge in [-0.2, -0.15) is 0 Å². The highest BCUT2D eigenvalue weighted by Gasteiger charge is 2.36. The van der Waals surface area contributed by atoms with E-state index in [0.717, 1.165) is 18.7 Å². The number of rotatable bonds is 3. The predicted molar refractivity (Wildman–Crippen MR) is 65.7 cm³/mol. The average Bonchev–Trinajstić information content (AvgIpc) is 2.39. The van der Waals surface area contributed by atoms with E-state index in [0.29, 0.717) is 13.0 Å². The Bertz CT molecular complexity index is 396. The standard InChI is InChI=1S/C13H18N2O3/c1-18-13(17)12-11(16)6-4-8-15(12)9-10-5-2-3-7-14-10/h2-3,5,7,11-12,16H,4,6,8-9H2,1H3/t11-,12+/m0/s1. The number of piperidine rings is 1. The number of hydrogen-bond donors (Lipinski definition) is 1. The highest BCUT2D eigenvalue weighted by Crippen LogP contribution is 2.20. The van der Waals surface area contributed by atoms with Gasteiger partial charge < -0.3 is 9.84 Å². The summed E-state index contributed by atoms with van der Waals surface area (Å²) in [6.45, 7) is 1.32. The Morgan fingerprint density at radius 1 is 1.61 bits per heavy atom.